The Hall–Kier alpha value is -1.91. The molecular formula is C15H22N2O3. The van der Waals surface area contributed by atoms with Crippen LogP contribution in [0.4, 0.5) is 10.5 Å². The fourth-order valence-corrected chi connectivity index (χ4v) is 2.38. The first-order valence-corrected chi connectivity index (χ1v) is 7.02. The smallest absolute Gasteiger partial charge is 0.321 e. The van der Waals surface area contributed by atoms with Crippen molar-refractivity contribution in [2.24, 2.45) is 0 Å². The van der Waals surface area contributed by atoms with Gasteiger partial charge in [0.2, 0.25) is 0 Å². The maximum atomic E-state index is 12.3. The van der Waals surface area contributed by atoms with Crippen LogP contribution in [0.15, 0.2) is 18.2 Å². The van der Waals surface area contributed by atoms with E-state index in [4.69, 9.17) is 9.47 Å². The molecule has 0 saturated carbocycles. The largest absolute Gasteiger partial charge is 0.497 e. The summed E-state index contributed by atoms with van der Waals surface area (Å²) < 4.78 is 10.4. The molecular weight excluding hydrogens is 256 g/mol. The van der Waals surface area contributed by atoms with Crippen LogP contribution in [-0.4, -0.2) is 38.2 Å². The predicted octanol–water partition coefficient (Wildman–Crippen LogP) is 3.11. The number of nitrogens with one attached hydrogen (secondary N) is 1. The van der Waals surface area contributed by atoms with Gasteiger partial charge in [0.25, 0.3) is 0 Å². The standard InChI is InChI=1S/C15H22N2O3/c1-19-12-7-8-14(20-2)13(11-12)16-15(18)17-9-5-3-4-6-10-17/h7-8,11H,3-6,9-10H2,1-2H3,(H,16,18). The van der Waals surface area contributed by atoms with Gasteiger partial charge in [-0.05, 0) is 25.0 Å². The molecule has 0 bridgehead atoms. The van der Waals surface area contributed by atoms with E-state index < -0.39 is 0 Å². The molecule has 20 heavy (non-hydrogen) atoms. The summed E-state index contributed by atoms with van der Waals surface area (Å²) >= 11 is 0. The lowest BCUT2D eigenvalue weighted by Gasteiger charge is -2.21. The van der Waals surface area contributed by atoms with Crippen molar-refractivity contribution >= 4 is 11.7 Å². The summed E-state index contributed by atoms with van der Waals surface area (Å²) in [5.74, 6) is 1.32. The summed E-state index contributed by atoms with van der Waals surface area (Å²) in [5, 5.41) is 2.92. The number of nitrogens with zero attached hydrogens (tertiary/aromatic N) is 1. The number of hydrogen-bond acceptors (Lipinski definition) is 3. The van der Waals surface area contributed by atoms with Gasteiger partial charge in [-0.2, -0.15) is 0 Å². The van der Waals surface area contributed by atoms with Crippen LogP contribution in [0.1, 0.15) is 25.7 Å². The van der Waals surface area contributed by atoms with Gasteiger partial charge in [0.05, 0.1) is 19.9 Å². The second-order valence-electron chi connectivity index (χ2n) is 4.90. The number of benzene rings is 1. The molecule has 5 heteroatoms. The highest BCUT2D eigenvalue weighted by molar-refractivity contribution is 5.91. The van der Waals surface area contributed by atoms with Gasteiger partial charge in [0.1, 0.15) is 11.5 Å². The summed E-state index contributed by atoms with van der Waals surface area (Å²) in [6, 6.07) is 5.30. The molecule has 0 radical (unpaired) electrons. The summed E-state index contributed by atoms with van der Waals surface area (Å²) in [4.78, 5) is 14.2. The van der Waals surface area contributed by atoms with Crippen molar-refractivity contribution in [1.29, 1.82) is 0 Å². The predicted molar refractivity (Wildman–Crippen MR) is 78.6 cm³/mol. The van der Waals surface area contributed by atoms with E-state index in [-0.39, 0.29) is 6.03 Å². The van der Waals surface area contributed by atoms with Crippen molar-refractivity contribution in [1.82, 2.24) is 4.90 Å². The number of anilines is 1. The molecule has 0 aromatic heterocycles. The van der Waals surface area contributed by atoms with E-state index in [0.29, 0.717) is 17.2 Å². The second kappa shape index (κ2) is 7.03. The zero-order valence-electron chi connectivity index (χ0n) is 12.1. The number of ether oxygens (including phenoxy) is 2. The van der Waals surface area contributed by atoms with E-state index in [0.717, 1.165) is 25.9 Å². The van der Waals surface area contributed by atoms with Gasteiger partial charge in [-0.15, -0.1) is 0 Å². The number of carbonyl (C=O) groups is 1. The summed E-state index contributed by atoms with van der Waals surface area (Å²) in [7, 11) is 3.19. The first-order chi connectivity index (χ1) is 9.74. The van der Waals surface area contributed by atoms with Crippen molar-refractivity contribution < 1.29 is 14.3 Å². The van der Waals surface area contributed by atoms with Crippen molar-refractivity contribution in [2.75, 3.05) is 32.6 Å². The van der Waals surface area contributed by atoms with Crippen LogP contribution < -0.4 is 14.8 Å². The third kappa shape index (κ3) is 3.56. The fraction of sp³-hybridized carbons (Fsp3) is 0.533. The lowest BCUT2D eigenvalue weighted by molar-refractivity contribution is 0.213. The average molecular weight is 278 g/mol. The summed E-state index contributed by atoms with van der Waals surface area (Å²) in [6.45, 7) is 1.64. The van der Waals surface area contributed by atoms with E-state index in [1.807, 2.05) is 4.90 Å². The van der Waals surface area contributed by atoms with Gasteiger partial charge < -0.3 is 19.7 Å². The average Bonchev–Trinajstić information content (AvgIpc) is 2.76. The highest BCUT2D eigenvalue weighted by Crippen LogP contribution is 2.29. The molecule has 2 rings (SSSR count). The van der Waals surface area contributed by atoms with E-state index >= 15 is 0 Å². The number of hydrogen-bond donors (Lipinski definition) is 1. The van der Waals surface area contributed by atoms with Crippen molar-refractivity contribution in [3.8, 4) is 11.5 Å². The Balaban J connectivity index is 2.09. The van der Waals surface area contributed by atoms with Crippen molar-refractivity contribution in [3.05, 3.63) is 18.2 Å². The normalized spacial score (nSPS) is 15.4. The number of carbonyl (C=O) groups excluding carboxylic acids is 1. The van der Waals surface area contributed by atoms with Crippen LogP contribution in [0.3, 0.4) is 0 Å². The molecule has 5 nitrogen and oxygen atoms in total. The maximum absolute atomic E-state index is 12.3. The molecule has 0 unspecified atom stereocenters. The monoisotopic (exact) mass is 278 g/mol. The Bertz CT molecular complexity index is 454. The van der Waals surface area contributed by atoms with Gasteiger partial charge in [0, 0.05) is 19.2 Å². The van der Waals surface area contributed by atoms with Crippen LogP contribution in [0, 0.1) is 0 Å². The number of rotatable bonds is 3. The Morgan fingerprint density at radius 3 is 2.40 bits per heavy atom. The topological polar surface area (TPSA) is 50.8 Å². The highest BCUT2D eigenvalue weighted by Gasteiger charge is 2.17. The molecule has 1 aliphatic heterocycles. The lowest BCUT2D eigenvalue weighted by Crippen LogP contribution is -2.35. The molecule has 1 N–H and O–H groups in total. The van der Waals surface area contributed by atoms with Crippen molar-refractivity contribution in [2.45, 2.75) is 25.7 Å². The van der Waals surface area contributed by atoms with Crippen LogP contribution >= 0.6 is 0 Å². The van der Waals surface area contributed by atoms with Crippen LogP contribution in [0.5, 0.6) is 11.5 Å². The van der Waals surface area contributed by atoms with Crippen molar-refractivity contribution in [3.63, 3.8) is 0 Å². The zero-order valence-corrected chi connectivity index (χ0v) is 12.1. The number of methoxy groups -OCH3 is 2. The SMILES string of the molecule is COc1ccc(OC)c(NC(=O)N2CCCCCC2)c1. The van der Waals surface area contributed by atoms with E-state index in [9.17, 15) is 4.79 Å². The minimum Gasteiger partial charge on any atom is -0.497 e. The quantitative estimate of drug-likeness (QED) is 0.924. The second-order valence-corrected chi connectivity index (χ2v) is 4.90. The van der Waals surface area contributed by atoms with Crippen LogP contribution in [-0.2, 0) is 0 Å². The molecule has 1 aromatic carbocycles. The molecule has 0 atom stereocenters. The molecule has 1 saturated heterocycles. The van der Waals surface area contributed by atoms with Gasteiger partial charge in [-0.25, -0.2) is 4.79 Å². The van der Waals surface area contributed by atoms with E-state index in [2.05, 4.69) is 5.32 Å². The molecule has 110 valence electrons. The minimum absolute atomic E-state index is 0.0709. The van der Waals surface area contributed by atoms with E-state index in [1.165, 1.54) is 12.8 Å². The minimum atomic E-state index is -0.0709. The van der Waals surface area contributed by atoms with Crippen LogP contribution in [0.25, 0.3) is 0 Å². The molecule has 0 aliphatic carbocycles. The Labute approximate surface area is 119 Å². The first-order valence-electron chi connectivity index (χ1n) is 7.02. The first kappa shape index (κ1) is 14.5. The summed E-state index contributed by atoms with van der Waals surface area (Å²) in [5.41, 5.74) is 0.640. The third-order valence-electron chi connectivity index (χ3n) is 3.54. The zero-order chi connectivity index (χ0) is 14.4. The molecule has 1 aromatic rings. The van der Waals surface area contributed by atoms with Gasteiger partial charge in [-0.1, -0.05) is 12.8 Å². The van der Waals surface area contributed by atoms with E-state index in [1.54, 1.807) is 32.4 Å². The number of urea groups is 1. The van der Waals surface area contributed by atoms with Gasteiger partial charge in [-0.3, -0.25) is 0 Å². The summed E-state index contributed by atoms with van der Waals surface area (Å²) in [6.07, 6.45) is 4.55. The fourth-order valence-electron chi connectivity index (χ4n) is 2.38. The molecule has 1 fully saturated rings. The molecule has 2 amide bonds. The van der Waals surface area contributed by atoms with Crippen LogP contribution in [0.2, 0.25) is 0 Å². The molecule has 0 spiro atoms. The Kier molecular flexibility index (Phi) is 5.09. The maximum Gasteiger partial charge on any atom is 0.321 e. The lowest BCUT2D eigenvalue weighted by atomic mass is 10.2. The highest BCUT2D eigenvalue weighted by atomic mass is 16.5. The molecule has 1 aliphatic rings. The van der Waals surface area contributed by atoms with Gasteiger partial charge in [0.15, 0.2) is 0 Å². The third-order valence-corrected chi connectivity index (χ3v) is 3.54. The number of amides is 2. The Morgan fingerprint density at radius 1 is 1.10 bits per heavy atom. The van der Waals surface area contributed by atoms with Gasteiger partial charge >= 0.3 is 6.03 Å². The molecule has 1 heterocycles. The Morgan fingerprint density at radius 2 is 1.80 bits per heavy atom. The number of likely N-dealkylation sites (tertiary alicyclic amines) is 1.